The van der Waals surface area contributed by atoms with Crippen molar-refractivity contribution in [1.29, 1.82) is 0 Å². The summed E-state index contributed by atoms with van der Waals surface area (Å²) in [7, 11) is 1.59. The number of ether oxygens (including phenoxy) is 1. The van der Waals surface area contributed by atoms with Gasteiger partial charge in [0.15, 0.2) is 5.65 Å². The number of hydrogen-bond donors (Lipinski definition) is 1. The lowest BCUT2D eigenvalue weighted by molar-refractivity contribution is -0.131. The molecule has 0 spiro atoms. The van der Waals surface area contributed by atoms with Gasteiger partial charge < -0.3 is 9.64 Å². The number of nitrogens with one attached hydrogen (secondary N) is 1. The molecular weight excluding hydrogens is 320 g/mol. The number of H-pyrrole nitrogens is 1. The molecule has 0 saturated carbocycles. The molecule has 25 heavy (non-hydrogen) atoms. The summed E-state index contributed by atoms with van der Waals surface area (Å²) >= 11 is 0. The minimum atomic E-state index is -0.139. The van der Waals surface area contributed by atoms with Crippen LogP contribution in [-0.2, 0) is 24.2 Å². The molecule has 0 saturated heterocycles. The van der Waals surface area contributed by atoms with Gasteiger partial charge in [0.25, 0.3) is 5.56 Å². The maximum Gasteiger partial charge on any atom is 0.277 e. The average molecular weight is 338 g/mol. The standard InChI is InChI=1S/C18H18N4O3/c1-25-15-5-3-2-4-12(15)10-17(23)21-9-7-14-13(11-21)18(24)22-16(20-14)6-8-19-22/h2-6,8,19H,7,9-11H2,1H3. The fourth-order valence-corrected chi connectivity index (χ4v) is 3.25. The Kier molecular flexibility index (Phi) is 3.76. The Morgan fingerprint density at radius 1 is 1.32 bits per heavy atom. The van der Waals surface area contributed by atoms with Crippen molar-refractivity contribution in [3.63, 3.8) is 0 Å². The second-order valence-corrected chi connectivity index (χ2v) is 6.05. The van der Waals surface area contributed by atoms with Crippen LogP contribution in [0.2, 0.25) is 0 Å². The van der Waals surface area contributed by atoms with Gasteiger partial charge in [-0.25, -0.2) is 9.50 Å². The van der Waals surface area contributed by atoms with Crippen LogP contribution in [0.4, 0.5) is 0 Å². The van der Waals surface area contributed by atoms with Crippen LogP contribution in [0.15, 0.2) is 41.3 Å². The zero-order chi connectivity index (χ0) is 17.4. The molecule has 0 unspecified atom stereocenters. The van der Waals surface area contributed by atoms with E-state index < -0.39 is 0 Å². The molecule has 1 aliphatic heterocycles. The Bertz CT molecular complexity index is 1000. The average Bonchev–Trinajstić information content (AvgIpc) is 3.11. The fraction of sp³-hybridized carbons (Fsp3) is 0.278. The number of methoxy groups -OCH3 is 1. The van der Waals surface area contributed by atoms with Crippen molar-refractivity contribution in [2.24, 2.45) is 0 Å². The third-order valence-electron chi connectivity index (χ3n) is 4.58. The van der Waals surface area contributed by atoms with Crippen molar-refractivity contribution >= 4 is 11.6 Å². The summed E-state index contributed by atoms with van der Waals surface area (Å²) in [5.41, 5.74) is 2.68. The molecule has 1 N–H and O–H groups in total. The monoisotopic (exact) mass is 338 g/mol. The molecular formula is C18H18N4O3. The topological polar surface area (TPSA) is 79.7 Å². The lowest BCUT2D eigenvalue weighted by Crippen LogP contribution is -2.40. The second-order valence-electron chi connectivity index (χ2n) is 6.05. The van der Waals surface area contributed by atoms with Gasteiger partial charge in [-0.2, -0.15) is 0 Å². The van der Waals surface area contributed by atoms with Gasteiger partial charge in [0, 0.05) is 30.8 Å². The zero-order valence-corrected chi connectivity index (χ0v) is 13.9. The first-order chi connectivity index (χ1) is 12.2. The molecule has 2 aromatic heterocycles. The second kappa shape index (κ2) is 6.08. The molecule has 4 rings (SSSR count). The Balaban J connectivity index is 1.59. The van der Waals surface area contributed by atoms with Gasteiger partial charge in [0.05, 0.1) is 31.3 Å². The normalized spacial score (nSPS) is 13.7. The summed E-state index contributed by atoms with van der Waals surface area (Å²) in [6.07, 6.45) is 2.52. The van der Waals surface area contributed by atoms with E-state index in [0.717, 1.165) is 11.3 Å². The Morgan fingerprint density at radius 2 is 2.16 bits per heavy atom. The number of carbonyl (C=O) groups is 1. The van der Waals surface area contributed by atoms with Crippen molar-refractivity contribution in [3.8, 4) is 5.75 Å². The lowest BCUT2D eigenvalue weighted by atomic mass is 10.0. The Morgan fingerprint density at radius 3 is 3.00 bits per heavy atom. The third-order valence-corrected chi connectivity index (χ3v) is 4.58. The molecule has 128 valence electrons. The number of aromatic nitrogens is 3. The number of benzene rings is 1. The van der Waals surface area contributed by atoms with Crippen molar-refractivity contribution in [1.82, 2.24) is 19.5 Å². The van der Waals surface area contributed by atoms with E-state index in [1.165, 1.54) is 4.52 Å². The van der Waals surface area contributed by atoms with Crippen LogP contribution in [0.5, 0.6) is 5.75 Å². The van der Waals surface area contributed by atoms with Crippen molar-refractivity contribution in [2.45, 2.75) is 19.4 Å². The number of para-hydroxylation sites is 1. The smallest absolute Gasteiger partial charge is 0.277 e. The number of hydrogen-bond acceptors (Lipinski definition) is 4. The first-order valence-electron chi connectivity index (χ1n) is 8.15. The maximum atomic E-state index is 12.7. The largest absolute Gasteiger partial charge is 0.496 e. The number of carbonyl (C=O) groups excluding carboxylic acids is 1. The number of amides is 1. The molecule has 7 nitrogen and oxygen atoms in total. The van der Waals surface area contributed by atoms with Crippen LogP contribution in [0, 0.1) is 0 Å². The predicted octanol–water partition coefficient (Wildman–Crippen LogP) is 1.16. The molecule has 1 aromatic carbocycles. The predicted molar refractivity (Wildman–Crippen MR) is 91.6 cm³/mol. The molecule has 1 amide bonds. The molecule has 3 heterocycles. The van der Waals surface area contributed by atoms with Gasteiger partial charge in [-0.05, 0) is 6.07 Å². The molecule has 0 fully saturated rings. The van der Waals surface area contributed by atoms with E-state index in [-0.39, 0.29) is 24.4 Å². The van der Waals surface area contributed by atoms with Gasteiger partial charge in [-0.3, -0.25) is 14.7 Å². The van der Waals surface area contributed by atoms with E-state index in [4.69, 9.17) is 4.74 Å². The Labute approximate surface area is 143 Å². The molecule has 1 aliphatic rings. The number of rotatable bonds is 3. The van der Waals surface area contributed by atoms with Crippen LogP contribution in [0.25, 0.3) is 5.65 Å². The van der Waals surface area contributed by atoms with Gasteiger partial charge in [0.1, 0.15) is 5.75 Å². The van der Waals surface area contributed by atoms with Crippen LogP contribution in [0.1, 0.15) is 16.8 Å². The maximum absolute atomic E-state index is 12.7. The fourth-order valence-electron chi connectivity index (χ4n) is 3.25. The number of aromatic amines is 1. The molecule has 7 heteroatoms. The van der Waals surface area contributed by atoms with Gasteiger partial charge in [0.2, 0.25) is 5.91 Å². The van der Waals surface area contributed by atoms with Crippen molar-refractivity contribution < 1.29 is 9.53 Å². The van der Waals surface area contributed by atoms with Gasteiger partial charge >= 0.3 is 0 Å². The molecule has 3 aromatic rings. The molecule has 0 bridgehead atoms. The van der Waals surface area contributed by atoms with Crippen LogP contribution >= 0.6 is 0 Å². The molecule has 0 radical (unpaired) electrons. The van der Waals surface area contributed by atoms with Crippen LogP contribution < -0.4 is 10.3 Å². The van der Waals surface area contributed by atoms with E-state index >= 15 is 0 Å². The summed E-state index contributed by atoms with van der Waals surface area (Å²) in [5, 5.41) is 2.86. The van der Waals surface area contributed by atoms with E-state index in [2.05, 4.69) is 10.1 Å². The summed E-state index contributed by atoms with van der Waals surface area (Å²) in [4.78, 5) is 31.5. The number of nitrogens with zero attached hydrogens (tertiary/aromatic N) is 3. The summed E-state index contributed by atoms with van der Waals surface area (Å²) in [6.45, 7) is 0.852. The first-order valence-corrected chi connectivity index (χ1v) is 8.15. The number of fused-ring (bicyclic) bond motifs is 2. The summed E-state index contributed by atoms with van der Waals surface area (Å²) in [6, 6.07) is 9.24. The summed E-state index contributed by atoms with van der Waals surface area (Å²) in [5.74, 6) is 0.675. The third kappa shape index (κ3) is 2.67. The van der Waals surface area contributed by atoms with Crippen molar-refractivity contribution in [2.75, 3.05) is 13.7 Å². The highest BCUT2D eigenvalue weighted by molar-refractivity contribution is 5.79. The highest BCUT2D eigenvalue weighted by atomic mass is 16.5. The highest BCUT2D eigenvalue weighted by Gasteiger charge is 2.25. The minimum absolute atomic E-state index is 0.0221. The molecule has 0 atom stereocenters. The van der Waals surface area contributed by atoms with E-state index in [1.807, 2.05) is 24.3 Å². The SMILES string of the molecule is COc1ccccc1CC(=O)N1CCc2nc3cc[nH]n3c(=O)c2C1. The van der Waals surface area contributed by atoms with Crippen LogP contribution in [0.3, 0.4) is 0 Å². The van der Waals surface area contributed by atoms with Crippen molar-refractivity contribution in [3.05, 3.63) is 63.7 Å². The van der Waals surface area contributed by atoms with Gasteiger partial charge in [-0.1, -0.05) is 18.2 Å². The Hall–Kier alpha value is -3.09. The zero-order valence-electron chi connectivity index (χ0n) is 13.9. The quantitative estimate of drug-likeness (QED) is 0.777. The minimum Gasteiger partial charge on any atom is -0.496 e. The lowest BCUT2D eigenvalue weighted by Gasteiger charge is -2.28. The molecule has 0 aliphatic carbocycles. The van der Waals surface area contributed by atoms with Crippen LogP contribution in [-0.4, -0.2) is 39.1 Å². The van der Waals surface area contributed by atoms with Gasteiger partial charge in [-0.15, -0.1) is 0 Å². The van der Waals surface area contributed by atoms with E-state index in [0.29, 0.717) is 29.9 Å². The van der Waals surface area contributed by atoms with E-state index in [1.54, 1.807) is 24.3 Å². The highest BCUT2D eigenvalue weighted by Crippen LogP contribution is 2.21. The first kappa shape index (κ1) is 15.4. The summed E-state index contributed by atoms with van der Waals surface area (Å²) < 4.78 is 6.72. The van der Waals surface area contributed by atoms with E-state index in [9.17, 15) is 9.59 Å².